The molecule has 3 rings (SSSR count). The molecule has 0 radical (unpaired) electrons. The summed E-state index contributed by atoms with van der Waals surface area (Å²) in [7, 11) is 0. The second kappa shape index (κ2) is 9.92. The molecule has 4 unspecified atom stereocenters. The van der Waals surface area contributed by atoms with Crippen LogP contribution in [-0.2, 0) is 5.67 Å². The maximum absolute atomic E-state index is 14.5. The van der Waals surface area contributed by atoms with E-state index >= 15 is 0 Å². The molecule has 0 saturated heterocycles. The van der Waals surface area contributed by atoms with Crippen molar-refractivity contribution in [2.75, 3.05) is 0 Å². The van der Waals surface area contributed by atoms with E-state index in [4.69, 9.17) is 0 Å². The van der Waals surface area contributed by atoms with Crippen molar-refractivity contribution in [1.82, 2.24) is 0 Å². The van der Waals surface area contributed by atoms with E-state index in [0.717, 1.165) is 18.8 Å². The minimum absolute atomic E-state index is 0.0365. The van der Waals surface area contributed by atoms with Gasteiger partial charge in [0.25, 0.3) is 6.43 Å². The van der Waals surface area contributed by atoms with Crippen LogP contribution in [0.25, 0.3) is 0 Å². The molecule has 0 aromatic heterocycles. The van der Waals surface area contributed by atoms with Crippen LogP contribution in [-0.4, -0.2) is 6.43 Å². The van der Waals surface area contributed by atoms with Crippen molar-refractivity contribution in [3.8, 4) is 0 Å². The normalized spacial score (nSPS) is 29.5. The minimum atomic E-state index is -3.27. The molecule has 31 heavy (non-hydrogen) atoms. The van der Waals surface area contributed by atoms with Crippen LogP contribution in [0.2, 0.25) is 0 Å². The predicted molar refractivity (Wildman–Crippen MR) is 120 cm³/mol. The fraction of sp³-hybridized carbons (Fsp3) is 0.630. The molecule has 2 aliphatic rings. The van der Waals surface area contributed by atoms with Gasteiger partial charge in [-0.3, -0.25) is 0 Å². The summed E-state index contributed by atoms with van der Waals surface area (Å²) in [6, 6.07) is 3.98. The Bertz CT molecular complexity index is 799. The maximum Gasteiger partial charge on any atom is 0.276 e. The summed E-state index contributed by atoms with van der Waals surface area (Å²) in [5.41, 5.74) is -1.50. The highest BCUT2D eigenvalue weighted by Crippen LogP contribution is 2.42. The average molecular weight is 437 g/mol. The number of benzene rings is 1. The molecule has 1 fully saturated rings. The molecular weight excluding hydrogens is 400 g/mol. The van der Waals surface area contributed by atoms with Crippen LogP contribution in [0.3, 0.4) is 0 Å². The number of rotatable bonds is 7. The molecule has 0 amide bonds. The second-order valence-electron chi connectivity index (χ2n) is 9.90. The third kappa shape index (κ3) is 5.26. The molecule has 1 saturated carbocycles. The zero-order chi connectivity index (χ0) is 22.8. The zero-order valence-corrected chi connectivity index (χ0v) is 19.2. The van der Waals surface area contributed by atoms with Crippen molar-refractivity contribution in [3.05, 3.63) is 58.9 Å². The van der Waals surface area contributed by atoms with Gasteiger partial charge in [-0.2, -0.15) is 0 Å². The molecule has 4 atom stereocenters. The van der Waals surface area contributed by atoms with Crippen LogP contribution in [0.4, 0.5) is 17.6 Å². The van der Waals surface area contributed by atoms with E-state index in [9.17, 15) is 17.6 Å². The Labute approximate surface area is 184 Å². The van der Waals surface area contributed by atoms with Crippen LogP contribution in [0, 0.1) is 29.5 Å². The van der Waals surface area contributed by atoms with Gasteiger partial charge in [0.2, 0.25) is 0 Å². The highest BCUT2D eigenvalue weighted by molar-refractivity contribution is 5.38. The number of hydrogen-bond acceptors (Lipinski definition) is 0. The standard InChI is InChI=1S/C27H36F4/c1-5-6-17(2)19-7-9-20(10-8-19)21-11-13-23(18(3)15-21)22-12-14-24(25(28)16-22)27(4,31)26(29)30/h11-20,23,26H,5-10H2,1-4H3. The van der Waals surface area contributed by atoms with E-state index < -0.39 is 23.5 Å². The lowest BCUT2D eigenvalue weighted by Crippen LogP contribution is -2.26. The summed E-state index contributed by atoms with van der Waals surface area (Å²) in [6.07, 6.45) is 10.9. The van der Waals surface area contributed by atoms with Gasteiger partial charge < -0.3 is 0 Å². The summed E-state index contributed by atoms with van der Waals surface area (Å²) in [6.45, 7) is 7.48. The molecule has 0 spiro atoms. The number of halogens is 4. The smallest absolute Gasteiger partial charge is 0.233 e. The largest absolute Gasteiger partial charge is 0.276 e. The van der Waals surface area contributed by atoms with E-state index in [0.29, 0.717) is 11.5 Å². The Morgan fingerprint density at radius 2 is 1.81 bits per heavy atom. The maximum atomic E-state index is 14.5. The summed E-state index contributed by atoms with van der Waals surface area (Å²) >= 11 is 0. The zero-order valence-electron chi connectivity index (χ0n) is 19.2. The van der Waals surface area contributed by atoms with Gasteiger partial charge in [0.15, 0.2) is 5.67 Å². The summed E-state index contributed by atoms with van der Waals surface area (Å²) in [5, 5.41) is 0. The molecule has 172 valence electrons. The lowest BCUT2D eigenvalue weighted by molar-refractivity contribution is -0.0280. The number of allylic oxidation sites excluding steroid dienone is 4. The monoisotopic (exact) mass is 436 g/mol. The van der Waals surface area contributed by atoms with Crippen LogP contribution in [0.5, 0.6) is 0 Å². The van der Waals surface area contributed by atoms with Gasteiger partial charge in [0, 0.05) is 11.5 Å². The second-order valence-corrected chi connectivity index (χ2v) is 9.90. The minimum Gasteiger partial charge on any atom is -0.233 e. The Morgan fingerprint density at radius 1 is 1.13 bits per heavy atom. The van der Waals surface area contributed by atoms with Crippen molar-refractivity contribution in [1.29, 1.82) is 0 Å². The first kappa shape index (κ1) is 24.1. The van der Waals surface area contributed by atoms with Gasteiger partial charge in [-0.1, -0.05) is 64.0 Å². The van der Waals surface area contributed by atoms with Crippen LogP contribution in [0.15, 0.2) is 42.0 Å². The van der Waals surface area contributed by atoms with E-state index in [-0.39, 0.29) is 11.8 Å². The molecule has 1 aromatic rings. The lowest BCUT2D eigenvalue weighted by Gasteiger charge is -2.34. The first-order chi connectivity index (χ1) is 14.6. The molecule has 0 bridgehead atoms. The quantitative estimate of drug-likeness (QED) is 0.375. The topological polar surface area (TPSA) is 0 Å². The lowest BCUT2D eigenvalue weighted by atomic mass is 9.71. The molecule has 4 heteroatoms. The van der Waals surface area contributed by atoms with Gasteiger partial charge in [-0.25, -0.2) is 17.6 Å². The molecule has 1 aromatic carbocycles. The third-order valence-electron chi connectivity index (χ3n) is 7.62. The van der Waals surface area contributed by atoms with Gasteiger partial charge in [0.05, 0.1) is 0 Å². The van der Waals surface area contributed by atoms with Crippen molar-refractivity contribution < 1.29 is 17.6 Å². The fourth-order valence-electron chi connectivity index (χ4n) is 5.50. The van der Waals surface area contributed by atoms with Crippen molar-refractivity contribution in [2.45, 2.75) is 84.2 Å². The van der Waals surface area contributed by atoms with E-state index in [1.165, 1.54) is 56.2 Å². The summed E-state index contributed by atoms with van der Waals surface area (Å²) in [4.78, 5) is 0. The van der Waals surface area contributed by atoms with E-state index in [1.807, 2.05) is 0 Å². The van der Waals surface area contributed by atoms with Gasteiger partial charge in [-0.15, -0.1) is 0 Å². The summed E-state index contributed by atoms with van der Waals surface area (Å²) in [5.74, 6) is 1.46. The molecule has 0 N–H and O–H groups in total. The van der Waals surface area contributed by atoms with Crippen molar-refractivity contribution in [2.24, 2.45) is 23.7 Å². The molecule has 0 nitrogen and oxygen atoms in total. The predicted octanol–water partition coefficient (Wildman–Crippen LogP) is 8.73. The SMILES string of the molecule is CCCC(C)C1CCC(C2=CC(C)C(c3ccc(C(C)(F)C(F)F)c(F)c3)C=C2)CC1. The Morgan fingerprint density at radius 3 is 2.35 bits per heavy atom. The number of hydrogen-bond donors (Lipinski definition) is 0. The highest BCUT2D eigenvalue weighted by Gasteiger charge is 2.39. The Balaban J connectivity index is 1.67. The number of alkyl halides is 3. The van der Waals surface area contributed by atoms with E-state index in [2.05, 4.69) is 39.0 Å². The molecular formula is C27H36F4. The first-order valence-electron chi connectivity index (χ1n) is 11.8. The first-order valence-corrected chi connectivity index (χ1v) is 11.8. The van der Waals surface area contributed by atoms with Crippen LogP contribution in [0.1, 0.15) is 83.3 Å². The van der Waals surface area contributed by atoms with Crippen molar-refractivity contribution >= 4 is 0 Å². The average Bonchev–Trinajstić information content (AvgIpc) is 2.73. The fourth-order valence-corrected chi connectivity index (χ4v) is 5.50. The van der Waals surface area contributed by atoms with E-state index in [1.54, 1.807) is 6.07 Å². The molecule has 0 aliphatic heterocycles. The van der Waals surface area contributed by atoms with Crippen LogP contribution >= 0.6 is 0 Å². The van der Waals surface area contributed by atoms with Crippen LogP contribution < -0.4 is 0 Å². The highest BCUT2D eigenvalue weighted by atomic mass is 19.3. The molecule has 0 heterocycles. The van der Waals surface area contributed by atoms with Gasteiger partial charge in [-0.05, 0) is 73.5 Å². The molecule has 2 aliphatic carbocycles. The third-order valence-corrected chi connectivity index (χ3v) is 7.62. The van der Waals surface area contributed by atoms with Crippen molar-refractivity contribution in [3.63, 3.8) is 0 Å². The Kier molecular flexibility index (Phi) is 7.70. The summed E-state index contributed by atoms with van der Waals surface area (Å²) < 4.78 is 54.6. The van der Waals surface area contributed by atoms with Gasteiger partial charge in [0.1, 0.15) is 5.82 Å². The Hall–Kier alpha value is -1.58. The van der Waals surface area contributed by atoms with Gasteiger partial charge >= 0.3 is 0 Å².